The highest BCUT2D eigenvalue weighted by Crippen LogP contribution is 2.43. The van der Waals surface area contributed by atoms with Crippen molar-refractivity contribution in [3.63, 3.8) is 0 Å². The molecule has 0 radical (unpaired) electrons. The summed E-state index contributed by atoms with van der Waals surface area (Å²) in [6, 6.07) is 9.54. The fourth-order valence-electron chi connectivity index (χ4n) is 5.50. The van der Waals surface area contributed by atoms with Crippen LogP contribution in [0.15, 0.2) is 42.5 Å². The van der Waals surface area contributed by atoms with E-state index in [9.17, 15) is 22.0 Å². The second-order valence-electron chi connectivity index (χ2n) is 9.53. The molecule has 1 aromatic heterocycles. The van der Waals surface area contributed by atoms with Gasteiger partial charge in [0, 0.05) is 37.3 Å². The maximum atomic E-state index is 14.0. The Morgan fingerprint density at radius 3 is 2.39 bits per heavy atom. The fraction of sp³-hybridized carbons (Fsp3) is 0.360. The van der Waals surface area contributed by atoms with Gasteiger partial charge in [0.05, 0.1) is 5.69 Å². The van der Waals surface area contributed by atoms with Crippen LogP contribution in [-0.2, 0) is 6.54 Å². The van der Waals surface area contributed by atoms with Gasteiger partial charge in [0.25, 0.3) is 0 Å². The summed E-state index contributed by atoms with van der Waals surface area (Å²) in [6.45, 7) is 2.42. The zero-order chi connectivity index (χ0) is 25.0. The monoisotopic (exact) mass is 504 g/mol. The minimum atomic E-state index is -3.62. The topological polar surface area (TPSA) is 59.5 Å². The number of likely N-dealkylation sites (tertiary alicyclic amines) is 1. The average molecular weight is 504 g/mol. The van der Waals surface area contributed by atoms with Gasteiger partial charge >= 0.3 is 6.29 Å². The van der Waals surface area contributed by atoms with E-state index in [0.29, 0.717) is 30.3 Å². The van der Waals surface area contributed by atoms with E-state index in [1.807, 2.05) is 0 Å². The van der Waals surface area contributed by atoms with Crippen LogP contribution in [0.3, 0.4) is 0 Å². The smallest absolute Gasteiger partial charge is 0.395 e. The second kappa shape index (κ2) is 8.58. The molecule has 1 N–H and O–H groups in total. The molecule has 1 saturated heterocycles. The lowest BCUT2D eigenvalue weighted by Gasteiger charge is -2.20. The molecule has 2 fully saturated rings. The van der Waals surface area contributed by atoms with Gasteiger partial charge in [-0.1, -0.05) is 6.07 Å². The highest BCUT2D eigenvalue weighted by molar-refractivity contribution is 5.60. The quantitative estimate of drug-likeness (QED) is 0.381. The summed E-state index contributed by atoms with van der Waals surface area (Å²) < 4.78 is 76.5. The Labute approximate surface area is 203 Å². The minimum absolute atomic E-state index is 0.0420. The van der Waals surface area contributed by atoms with Crippen molar-refractivity contribution < 1.29 is 31.4 Å². The number of hydrogen-bond acceptors (Lipinski definition) is 6. The molecule has 3 heterocycles. The molecule has 3 aliphatic rings. The maximum absolute atomic E-state index is 14.0. The Morgan fingerprint density at radius 1 is 0.917 bits per heavy atom. The van der Waals surface area contributed by atoms with E-state index in [1.54, 1.807) is 18.2 Å². The Kier molecular flexibility index (Phi) is 5.47. The van der Waals surface area contributed by atoms with Crippen LogP contribution in [0.25, 0.3) is 11.3 Å². The van der Waals surface area contributed by atoms with E-state index >= 15 is 0 Å². The highest BCUT2D eigenvalue weighted by atomic mass is 19.3. The number of ether oxygens (including phenoxy) is 2. The lowest BCUT2D eigenvalue weighted by Crippen LogP contribution is -2.26. The molecule has 0 spiro atoms. The normalized spacial score (nSPS) is 24.2. The average Bonchev–Trinajstić information content (AvgIpc) is 3.46. The van der Waals surface area contributed by atoms with Gasteiger partial charge in [0.2, 0.25) is 0 Å². The van der Waals surface area contributed by atoms with Crippen LogP contribution in [0.1, 0.15) is 18.4 Å². The van der Waals surface area contributed by atoms with Crippen molar-refractivity contribution in [2.24, 2.45) is 11.8 Å². The summed E-state index contributed by atoms with van der Waals surface area (Å²) in [5.74, 6) is -1.76. The van der Waals surface area contributed by atoms with Crippen molar-refractivity contribution in [1.82, 2.24) is 15.1 Å². The number of aromatic nitrogens is 2. The number of alkyl halides is 2. The van der Waals surface area contributed by atoms with E-state index < -0.39 is 23.7 Å². The SMILES string of the molecule is Fc1cc(F)c(F)c(-c2ccc(N[C@@H]3C[C@@H]4CN(Cc5ccc6c(c5)OC(F)(F)O6)C[C@@H]4C3)nn2)c1. The molecule has 2 aliphatic heterocycles. The van der Waals surface area contributed by atoms with Crippen LogP contribution in [0.2, 0.25) is 0 Å². The zero-order valence-corrected chi connectivity index (χ0v) is 18.9. The van der Waals surface area contributed by atoms with Crippen LogP contribution in [-0.4, -0.2) is 40.5 Å². The number of nitrogens with one attached hydrogen (secondary N) is 1. The number of halogens is 5. The van der Waals surface area contributed by atoms with Gasteiger partial charge in [-0.25, -0.2) is 13.2 Å². The molecule has 0 unspecified atom stereocenters. The molecule has 11 heteroatoms. The molecule has 188 valence electrons. The number of anilines is 1. The van der Waals surface area contributed by atoms with E-state index in [4.69, 9.17) is 0 Å². The van der Waals surface area contributed by atoms with Crippen molar-refractivity contribution in [1.29, 1.82) is 0 Å². The van der Waals surface area contributed by atoms with Crippen LogP contribution in [0.4, 0.5) is 27.8 Å². The number of nitrogens with zero attached hydrogens (tertiary/aromatic N) is 3. The Balaban J connectivity index is 1.04. The molecule has 0 bridgehead atoms. The molecular weight excluding hydrogens is 483 g/mol. The van der Waals surface area contributed by atoms with Crippen molar-refractivity contribution in [2.45, 2.75) is 31.7 Å². The lowest BCUT2D eigenvalue weighted by atomic mass is 10.0. The summed E-state index contributed by atoms with van der Waals surface area (Å²) in [5.41, 5.74) is 0.649. The van der Waals surface area contributed by atoms with Crippen LogP contribution >= 0.6 is 0 Å². The Bertz CT molecular complexity index is 1290. The van der Waals surface area contributed by atoms with Gasteiger partial charge < -0.3 is 14.8 Å². The molecule has 2 aromatic carbocycles. The Morgan fingerprint density at radius 2 is 1.67 bits per heavy atom. The third-order valence-corrected chi connectivity index (χ3v) is 6.98. The van der Waals surface area contributed by atoms with E-state index in [1.165, 1.54) is 12.1 Å². The van der Waals surface area contributed by atoms with E-state index in [-0.39, 0.29) is 28.8 Å². The minimum Gasteiger partial charge on any atom is -0.395 e. The summed E-state index contributed by atoms with van der Waals surface area (Å²) in [6.07, 6.45) is -1.75. The number of rotatable bonds is 5. The summed E-state index contributed by atoms with van der Waals surface area (Å²) >= 11 is 0. The molecule has 1 saturated carbocycles. The third-order valence-electron chi connectivity index (χ3n) is 6.98. The predicted molar refractivity (Wildman–Crippen MR) is 119 cm³/mol. The summed E-state index contributed by atoms with van der Waals surface area (Å²) in [7, 11) is 0. The summed E-state index contributed by atoms with van der Waals surface area (Å²) in [4.78, 5) is 2.31. The number of fused-ring (bicyclic) bond motifs is 2. The summed E-state index contributed by atoms with van der Waals surface area (Å²) in [5, 5.41) is 11.4. The molecule has 0 amide bonds. The highest BCUT2D eigenvalue weighted by Gasteiger charge is 2.44. The first kappa shape index (κ1) is 23.0. The molecule has 1 aliphatic carbocycles. The standard InChI is InChI=1S/C25H21F5N4O2/c26-16-8-18(24(28)19(27)9-16)20-2-4-23(33-32-20)31-17-6-14-11-34(12-15(14)7-17)10-13-1-3-21-22(5-13)36-25(29,30)35-21/h1-5,8-9,14-15,17H,6-7,10-12H2,(H,31,33)/t14-,15+,17-. The number of benzene rings is 2. The van der Waals surface area contributed by atoms with Gasteiger partial charge in [0.15, 0.2) is 23.1 Å². The zero-order valence-electron chi connectivity index (χ0n) is 18.9. The predicted octanol–water partition coefficient (Wildman–Crippen LogP) is 5.20. The van der Waals surface area contributed by atoms with Crippen molar-refractivity contribution in [3.05, 3.63) is 65.5 Å². The largest absolute Gasteiger partial charge is 0.586 e. The lowest BCUT2D eigenvalue weighted by molar-refractivity contribution is -0.286. The van der Waals surface area contributed by atoms with Gasteiger partial charge in [-0.15, -0.1) is 19.0 Å². The van der Waals surface area contributed by atoms with Crippen molar-refractivity contribution in [3.8, 4) is 22.8 Å². The first-order valence-electron chi connectivity index (χ1n) is 11.6. The van der Waals surface area contributed by atoms with Crippen LogP contribution in [0.5, 0.6) is 11.5 Å². The van der Waals surface area contributed by atoms with Crippen LogP contribution < -0.4 is 14.8 Å². The fourth-order valence-corrected chi connectivity index (χ4v) is 5.50. The molecule has 6 nitrogen and oxygen atoms in total. The first-order valence-corrected chi connectivity index (χ1v) is 11.6. The maximum Gasteiger partial charge on any atom is 0.586 e. The van der Waals surface area contributed by atoms with Gasteiger partial charge in [-0.05, 0) is 60.6 Å². The molecule has 3 aromatic rings. The third kappa shape index (κ3) is 4.43. The van der Waals surface area contributed by atoms with Gasteiger partial charge in [-0.3, -0.25) is 4.90 Å². The second-order valence-corrected chi connectivity index (χ2v) is 9.53. The van der Waals surface area contributed by atoms with Crippen molar-refractivity contribution in [2.75, 3.05) is 18.4 Å². The van der Waals surface area contributed by atoms with Gasteiger partial charge in [0.1, 0.15) is 11.6 Å². The molecular formula is C25H21F5N4O2. The van der Waals surface area contributed by atoms with E-state index in [2.05, 4.69) is 29.9 Å². The molecule has 36 heavy (non-hydrogen) atoms. The van der Waals surface area contributed by atoms with E-state index in [0.717, 1.165) is 37.6 Å². The first-order chi connectivity index (χ1) is 17.2. The Hall–Kier alpha value is -3.47. The van der Waals surface area contributed by atoms with Crippen LogP contribution in [0, 0.1) is 29.3 Å². The van der Waals surface area contributed by atoms with Crippen molar-refractivity contribution >= 4 is 5.82 Å². The van der Waals surface area contributed by atoms with Gasteiger partial charge in [-0.2, -0.15) is 0 Å². The molecule has 6 rings (SSSR count). The molecule has 3 atom stereocenters. The number of hydrogen-bond donors (Lipinski definition) is 1.